The fourth-order valence-corrected chi connectivity index (χ4v) is 4.34. The standard InChI is InChI=1S/C20H30N2O5/c1-2-26-19(25)17-6-5-16(27-17)13-21-10-3-8-20(14-21)9-7-18(24)22(15-20)11-4-12-23/h5-6,23H,2-4,7-15H2,1H3/t20-/m0/s1. The van der Waals surface area contributed by atoms with Gasteiger partial charge in [-0.25, -0.2) is 4.79 Å². The van der Waals surface area contributed by atoms with Crippen molar-refractivity contribution in [1.29, 1.82) is 0 Å². The molecule has 0 aliphatic carbocycles. The molecule has 7 nitrogen and oxygen atoms in total. The van der Waals surface area contributed by atoms with Crippen molar-refractivity contribution < 1.29 is 23.8 Å². The van der Waals surface area contributed by atoms with E-state index in [0.717, 1.165) is 44.7 Å². The van der Waals surface area contributed by atoms with Gasteiger partial charge in [-0.1, -0.05) is 0 Å². The van der Waals surface area contributed by atoms with Crippen LogP contribution >= 0.6 is 0 Å². The predicted octanol–water partition coefficient (Wildman–Crippen LogP) is 2.04. The zero-order chi connectivity index (χ0) is 19.3. The van der Waals surface area contributed by atoms with E-state index in [1.807, 2.05) is 11.0 Å². The number of furan rings is 1. The first kappa shape index (κ1) is 19.9. The minimum atomic E-state index is -0.427. The summed E-state index contributed by atoms with van der Waals surface area (Å²) in [5.74, 6) is 0.789. The summed E-state index contributed by atoms with van der Waals surface area (Å²) in [6.07, 6.45) is 4.36. The maximum absolute atomic E-state index is 12.2. The van der Waals surface area contributed by atoms with E-state index in [9.17, 15) is 9.59 Å². The third-order valence-electron chi connectivity index (χ3n) is 5.59. The lowest BCUT2D eigenvalue weighted by Gasteiger charge is -2.48. The van der Waals surface area contributed by atoms with Crippen molar-refractivity contribution >= 4 is 11.9 Å². The van der Waals surface area contributed by atoms with Crippen LogP contribution in [0.15, 0.2) is 16.5 Å². The largest absolute Gasteiger partial charge is 0.460 e. The minimum Gasteiger partial charge on any atom is -0.460 e. The molecule has 2 aliphatic heterocycles. The first-order chi connectivity index (χ1) is 13.0. The number of aliphatic hydroxyl groups is 1. The summed E-state index contributed by atoms with van der Waals surface area (Å²) in [5, 5.41) is 9.08. The fraction of sp³-hybridized carbons (Fsp3) is 0.700. The molecule has 0 saturated carbocycles. The molecule has 7 heteroatoms. The van der Waals surface area contributed by atoms with E-state index < -0.39 is 5.97 Å². The van der Waals surface area contributed by atoms with Crippen LogP contribution in [0.1, 0.15) is 55.3 Å². The van der Waals surface area contributed by atoms with E-state index >= 15 is 0 Å². The van der Waals surface area contributed by atoms with Crippen LogP contribution in [0.4, 0.5) is 0 Å². The van der Waals surface area contributed by atoms with Gasteiger partial charge >= 0.3 is 5.97 Å². The van der Waals surface area contributed by atoms with Gasteiger partial charge in [0.15, 0.2) is 0 Å². The first-order valence-corrected chi connectivity index (χ1v) is 9.92. The number of rotatable bonds is 7. The van der Waals surface area contributed by atoms with E-state index in [2.05, 4.69) is 4.90 Å². The Morgan fingerprint density at radius 3 is 2.96 bits per heavy atom. The predicted molar refractivity (Wildman–Crippen MR) is 99.1 cm³/mol. The monoisotopic (exact) mass is 378 g/mol. The number of aliphatic hydroxyl groups excluding tert-OH is 1. The average Bonchev–Trinajstić information content (AvgIpc) is 3.12. The second-order valence-corrected chi connectivity index (χ2v) is 7.69. The summed E-state index contributed by atoms with van der Waals surface area (Å²) in [6, 6.07) is 3.51. The number of hydrogen-bond acceptors (Lipinski definition) is 6. The number of carbonyl (C=O) groups excluding carboxylic acids is 2. The molecule has 1 spiro atoms. The van der Waals surface area contributed by atoms with E-state index in [-0.39, 0.29) is 23.7 Å². The highest BCUT2D eigenvalue weighted by Gasteiger charge is 2.41. The van der Waals surface area contributed by atoms with Gasteiger partial charge in [-0.2, -0.15) is 0 Å². The Hall–Kier alpha value is -1.86. The Bertz CT molecular complexity index is 659. The van der Waals surface area contributed by atoms with Crippen LogP contribution in [0.5, 0.6) is 0 Å². The van der Waals surface area contributed by atoms with Gasteiger partial charge in [-0.3, -0.25) is 9.69 Å². The van der Waals surface area contributed by atoms with Crippen molar-refractivity contribution in [3.63, 3.8) is 0 Å². The molecule has 1 aromatic heterocycles. The zero-order valence-electron chi connectivity index (χ0n) is 16.1. The lowest BCUT2D eigenvalue weighted by atomic mass is 9.73. The van der Waals surface area contributed by atoms with E-state index in [1.165, 1.54) is 0 Å². The van der Waals surface area contributed by atoms with Crippen molar-refractivity contribution in [3.8, 4) is 0 Å². The molecule has 2 saturated heterocycles. The maximum atomic E-state index is 12.2. The summed E-state index contributed by atoms with van der Waals surface area (Å²) in [5.41, 5.74) is 0.123. The molecule has 3 rings (SSSR count). The maximum Gasteiger partial charge on any atom is 0.374 e. The van der Waals surface area contributed by atoms with E-state index in [1.54, 1.807) is 13.0 Å². The molecule has 1 N–H and O–H groups in total. The number of ether oxygens (including phenoxy) is 1. The van der Waals surface area contributed by atoms with Gasteiger partial charge in [-0.15, -0.1) is 0 Å². The summed E-state index contributed by atoms with van der Waals surface area (Å²) in [4.78, 5) is 28.2. The molecule has 0 bridgehead atoms. The fourth-order valence-electron chi connectivity index (χ4n) is 4.34. The van der Waals surface area contributed by atoms with Crippen molar-refractivity contribution in [2.24, 2.45) is 5.41 Å². The molecule has 27 heavy (non-hydrogen) atoms. The number of esters is 1. The SMILES string of the molecule is CCOC(=O)c1ccc(CN2CCC[C@]3(CCC(=O)N(CCCO)C3)C2)o1. The number of amides is 1. The van der Waals surface area contributed by atoms with Crippen molar-refractivity contribution in [1.82, 2.24) is 9.80 Å². The van der Waals surface area contributed by atoms with Gasteiger partial charge in [-0.05, 0) is 51.3 Å². The summed E-state index contributed by atoms with van der Waals surface area (Å²) < 4.78 is 10.6. The molecule has 150 valence electrons. The van der Waals surface area contributed by atoms with Crippen LogP contribution in [-0.4, -0.2) is 66.2 Å². The molecule has 3 heterocycles. The number of piperidine rings is 2. The zero-order valence-corrected chi connectivity index (χ0v) is 16.1. The highest BCUT2D eigenvalue weighted by molar-refractivity contribution is 5.86. The first-order valence-electron chi connectivity index (χ1n) is 9.92. The van der Waals surface area contributed by atoms with Gasteiger partial charge in [0.2, 0.25) is 11.7 Å². The molecule has 0 radical (unpaired) electrons. The third kappa shape index (κ3) is 4.90. The summed E-state index contributed by atoms with van der Waals surface area (Å²) in [7, 11) is 0. The van der Waals surface area contributed by atoms with Crippen LogP contribution < -0.4 is 0 Å². The second kappa shape index (κ2) is 8.89. The van der Waals surface area contributed by atoms with Gasteiger partial charge in [0, 0.05) is 38.1 Å². The number of likely N-dealkylation sites (tertiary alicyclic amines) is 2. The Kier molecular flexibility index (Phi) is 6.55. The number of carbonyl (C=O) groups is 2. The molecule has 0 unspecified atom stereocenters. The summed E-state index contributed by atoms with van der Waals surface area (Å²) in [6.45, 7) is 6.19. The van der Waals surface area contributed by atoms with Crippen molar-refractivity contribution in [3.05, 3.63) is 23.7 Å². The lowest BCUT2D eigenvalue weighted by Crippen LogP contribution is -2.54. The smallest absolute Gasteiger partial charge is 0.374 e. The average molecular weight is 378 g/mol. The normalized spacial score (nSPS) is 23.8. The Morgan fingerprint density at radius 2 is 2.19 bits per heavy atom. The Morgan fingerprint density at radius 1 is 1.33 bits per heavy atom. The van der Waals surface area contributed by atoms with Crippen molar-refractivity contribution in [2.75, 3.05) is 39.4 Å². The molecule has 2 aliphatic rings. The molecular formula is C20H30N2O5. The van der Waals surface area contributed by atoms with Crippen LogP contribution in [-0.2, 0) is 16.1 Å². The van der Waals surface area contributed by atoms with Crippen molar-refractivity contribution in [2.45, 2.75) is 45.6 Å². The third-order valence-corrected chi connectivity index (χ3v) is 5.59. The highest BCUT2D eigenvalue weighted by Crippen LogP contribution is 2.39. The quantitative estimate of drug-likeness (QED) is 0.731. The molecule has 1 aromatic rings. The van der Waals surface area contributed by atoms with Gasteiger partial charge in [0.05, 0.1) is 13.2 Å². The minimum absolute atomic E-state index is 0.115. The molecule has 1 atom stereocenters. The van der Waals surface area contributed by atoms with Crippen LogP contribution in [0.25, 0.3) is 0 Å². The van der Waals surface area contributed by atoms with Crippen LogP contribution in [0, 0.1) is 5.41 Å². The molecule has 1 amide bonds. The molecular weight excluding hydrogens is 348 g/mol. The van der Waals surface area contributed by atoms with Gasteiger partial charge in [0.1, 0.15) is 5.76 Å². The number of nitrogens with zero attached hydrogens (tertiary/aromatic N) is 2. The van der Waals surface area contributed by atoms with Crippen LogP contribution in [0.3, 0.4) is 0 Å². The number of hydrogen-bond donors (Lipinski definition) is 1. The van der Waals surface area contributed by atoms with Gasteiger partial charge < -0.3 is 19.2 Å². The molecule has 0 aromatic carbocycles. The van der Waals surface area contributed by atoms with Crippen LogP contribution in [0.2, 0.25) is 0 Å². The van der Waals surface area contributed by atoms with E-state index in [0.29, 0.717) is 32.5 Å². The van der Waals surface area contributed by atoms with E-state index in [4.69, 9.17) is 14.3 Å². The lowest BCUT2D eigenvalue weighted by molar-refractivity contribution is -0.139. The molecule has 2 fully saturated rings. The topological polar surface area (TPSA) is 83.2 Å². The van der Waals surface area contributed by atoms with Gasteiger partial charge in [0.25, 0.3) is 0 Å². The Balaban J connectivity index is 1.60. The highest BCUT2D eigenvalue weighted by atomic mass is 16.5. The second-order valence-electron chi connectivity index (χ2n) is 7.69. The Labute approximate surface area is 160 Å². The summed E-state index contributed by atoms with van der Waals surface area (Å²) >= 11 is 0.